The minimum atomic E-state index is -0.622. The largest absolute Gasteiger partial charge is 0.449 e. The highest BCUT2D eigenvalue weighted by Gasteiger charge is 2.23. The highest BCUT2D eigenvalue weighted by Crippen LogP contribution is 2.14. The molecule has 0 atom stereocenters. The second-order valence-corrected chi connectivity index (χ2v) is 4.28. The Hall–Kier alpha value is -2.38. The van der Waals surface area contributed by atoms with Crippen LogP contribution in [-0.4, -0.2) is 36.6 Å². The Bertz CT molecular complexity index is 551. The number of hydrazine groups is 1. The zero-order valence-corrected chi connectivity index (χ0v) is 11.5. The van der Waals surface area contributed by atoms with E-state index in [1.165, 1.54) is 4.90 Å². The van der Waals surface area contributed by atoms with Crippen molar-refractivity contribution in [3.8, 4) is 0 Å². The molecule has 114 valence electrons. The maximum Gasteiger partial charge on any atom is 0.416 e. The number of amides is 1. The van der Waals surface area contributed by atoms with Gasteiger partial charge in [-0.25, -0.2) is 18.5 Å². The van der Waals surface area contributed by atoms with Crippen LogP contribution in [0.4, 0.5) is 19.3 Å². The van der Waals surface area contributed by atoms with Crippen molar-refractivity contribution in [2.45, 2.75) is 13.3 Å². The minimum absolute atomic E-state index is 0.0768. The molecule has 6 nitrogen and oxygen atoms in total. The van der Waals surface area contributed by atoms with Crippen LogP contribution in [0.3, 0.4) is 0 Å². The lowest BCUT2D eigenvalue weighted by molar-refractivity contribution is 0.125. The lowest BCUT2D eigenvalue weighted by Gasteiger charge is -2.27. The van der Waals surface area contributed by atoms with Gasteiger partial charge in [-0.3, -0.25) is 15.8 Å². The Morgan fingerprint density at radius 2 is 2.24 bits per heavy atom. The smallest absolute Gasteiger partial charge is 0.416 e. The molecule has 21 heavy (non-hydrogen) atoms. The van der Waals surface area contributed by atoms with Crippen molar-refractivity contribution >= 4 is 17.7 Å². The number of ether oxygens (including phenoxy) is 1. The first-order valence-electron chi connectivity index (χ1n) is 6.57. The van der Waals surface area contributed by atoms with Crippen LogP contribution in [0.25, 0.3) is 0 Å². The molecule has 0 bridgehead atoms. The molecule has 0 unspecified atom stereocenters. The number of carbonyl (C=O) groups is 1. The van der Waals surface area contributed by atoms with Crippen molar-refractivity contribution in [2.75, 3.05) is 25.1 Å². The number of hydrogen-bond donors (Lipinski definition) is 2. The average Bonchev–Trinajstić information content (AvgIpc) is 2.49. The van der Waals surface area contributed by atoms with Gasteiger partial charge in [0.15, 0.2) is 0 Å². The summed E-state index contributed by atoms with van der Waals surface area (Å²) in [6.07, 6.45) is 0.170. The molecular formula is C13H16F2N4O2. The molecule has 0 saturated carbocycles. The third-order valence-electron chi connectivity index (χ3n) is 2.78. The summed E-state index contributed by atoms with van der Waals surface area (Å²) in [5, 5.41) is 0. The van der Waals surface area contributed by atoms with E-state index in [9.17, 15) is 13.6 Å². The van der Waals surface area contributed by atoms with Gasteiger partial charge in [0.25, 0.3) is 0 Å². The maximum atomic E-state index is 13.5. The number of aliphatic imine (C=N–C) groups is 1. The van der Waals surface area contributed by atoms with Crippen LogP contribution < -0.4 is 10.9 Å². The number of anilines is 1. The molecule has 1 aliphatic rings. The number of halogens is 2. The molecule has 1 aliphatic heterocycles. The normalized spacial score (nSPS) is 14.4. The third kappa shape index (κ3) is 3.80. The van der Waals surface area contributed by atoms with Crippen LogP contribution in [0.15, 0.2) is 23.2 Å². The molecule has 8 heteroatoms. The van der Waals surface area contributed by atoms with Gasteiger partial charge in [-0.1, -0.05) is 0 Å². The van der Waals surface area contributed by atoms with E-state index in [1.54, 1.807) is 6.92 Å². The maximum absolute atomic E-state index is 13.5. The van der Waals surface area contributed by atoms with Crippen LogP contribution >= 0.6 is 0 Å². The SMILES string of the molecule is CCOC(=O)N1CCCN=C1NNc1cc(F)ccc1F. The standard InChI is InChI=1S/C13H16F2N4O2/c1-2-21-13(20)19-7-3-6-16-12(19)18-17-11-8-9(14)4-5-10(11)15/h4-5,8,17H,2-3,6-7H2,1H3,(H,16,18). The Balaban J connectivity index is 2.04. The highest BCUT2D eigenvalue weighted by molar-refractivity contribution is 5.95. The van der Waals surface area contributed by atoms with Gasteiger partial charge in [0, 0.05) is 19.2 Å². The zero-order chi connectivity index (χ0) is 15.2. The van der Waals surface area contributed by atoms with Crippen LogP contribution in [0.2, 0.25) is 0 Å². The Kier molecular flexibility index (Phi) is 4.91. The van der Waals surface area contributed by atoms with E-state index in [-0.39, 0.29) is 18.3 Å². The van der Waals surface area contributed by atoms with Gasteiger partial charge in [0.1, 0.15) is 11.6 Å². The van der Waals surface area contributed by atoms with E-state index in [0.29, 0.717) is 19.5 Å². The number of guanidine groups is 1. The molecular weight excluding hydrogens is 282 g/mol. The molecule has 0 aromatic heterocycles. The zero-order valence-electron chi connectivity index (χ0n) is 11.5. The van der Waals surface area contributed by atoms with Gasteiger partial charge in [0.05, 0.1) is 12.3 Å². The van der Waals surface area contributed by atoms with Crippen molar-refractivity contribution in [3.63, 3.8) is 0 Å². The van der Waals surface area contributed by atoms with Crippen LogP contribution in [0.5, 0.6) is 0 Å². The number of hydrogen-bond acceptors (Lipinski definition) is 5. The Labute approximate surface area is 120 Å². The molecule has 0 aliphatic carbocycles. The fourth-order valence-corrected chi connectivity index (χ4v) is 1.81. The van der Waals surface area contributed by atoms with Gasteiger partial charge < -0.3 is 4.74 Å². The van der Waals surface area contributed by atoms with Crippen molar-refractivity contribution in [1.29, 1.82) is 0 Å². The van der Waals surface area contributed by atoms with Crippen LogP contribution in [-0.2, 0) is 4.74 Å². The fourth-order valence-electron chi connectivity index (χ4n) is 1.81. The molecule has 2 N–H and O–H groups in total. The number of carbonyl (C=O) groups excluding carboxylic acids is 1. The van der Waals surface area contributed by atoms with Gasteiger partial charge >= 0.3 is 6.09 Å². The van der Waals surface area contributed by atoms with Crippen molar-refractivity contribution in [2.24, 2.45) is 4.99 Å². The predicted molar refractivity (Wildman–Crippen MR) is 73.8 cm³/mol. The van der Waals surface area contributed by atoms with E-state index in [1.807, 2.05) is 0 Å². The summed E-state index contributed by atoms with van der Waals surface area (Å²) >= 11 is 0. The average molecular weight is 298 g/mol. The van der Waals surface area contributed by atoms with Gasteiger partial charge in [-0.05, 0) is 25.5 Å². The quantitative estimate of drug-likeness (QED) is 0.839. The molecule has 1 amide bonds. The summed E-state index contributed by atoms with van der Waals surface area (Å²) < 4.78 is 31.5. The lowest BCUT2D eigenvalue weighted by atomic mass is 10.3. The van der Waals surface area contributed by atoms with Gasteiger partial charge in [-0.15, -0.1) is 0 Å². The summed E-state index contributed by atoms with van der Waals surface area (Å²) in [7, 11) is 0. The predicted octanol–water partition coefficient (Wildman–Crippen LogP) is 2.10. The summed E-state index contributed by atoms with van der Waals surface area (Å²) in [4.78, 5) is 17.2. The van der Waals surface area contributed by atoms with Crippen LogP contribution in [0, 0.1) is 11.6 Å². The second kappa shape index (κ2) is 6.87. The summed E-state index contributed by atoms with van der Waals surface area (Å²) in [6.45, 7) is 2.92. The first-order valence-corrected chi connectivity index (χ1v) is 6.57. The highest BCUT2D eigenvalue weighted by atomic mass is 19.1. The molecule has 2 rings (SSSR count). The first-order chi connectivity index (χ1) is 10.1. The lowest BCUT2D eigenvalue weighted by Crippen LogP contribution is -2.49. The summed E-state index contributed by atoms with van der Waals surface area (Å²) in [6, 6.07) is 3.02. The number of nitrogens with one attached hydrogen (secondary N) is 2. The molecule has 1 aromatic rings. The van der Waals surface area contributed by atoms with Gasteiger partial charge in [-0.2, -0.15) is 0 Å². The fraction of sp³-hybridized carbons (Fsp3) is 0.385. The van der Waals surface area contributed by atoms with Crippen molar-refractivity contribution in [3.05, 3.63) is 29.8 Å². The van der Waals surface area contributed by atoms with E-state index >= 15 is 0 Å². The molecule has 0 spiro atoms. The third-order valence-corrected chi connectivity index (χ3v) is 2.78. The van der Waals surface area contributed by atoms with E-state index < -0.39 is 17.7 Å². The molecule has 0 saturated heterocycles. The first kappa shape index (κ1) is 15.0. The summed E-state index contributed by atoms with van der Waals surface area (Å²) in [5.74, 6) is -0.986. The molecule has 0 radical (unpaired) electrons. The van der Waals surface area contributed by atoms with E-state index in [4.69, 9.17) is 4.74 Å². The monoisotopic (exact) mass is 298 g/mol. The Morgan fingerprint density at radius 3 is 3.00 bits per heavy atom. The van der Waals surface area contributed by atoms with Crippen molar-refractivity contribution in [1.82, 2.24) is 10.3 Å². The number of rotatable bonds is 3. The second-order valence-electron chi connectivity index (χ2n) is 4.28. The van der Waals surface area contributed by atoms with E-state index in [0.717, 1.165) is 18.2 Å². The Morgan fingerprint density at radius 1 is 1.43 bits per heavy atom. The molecule has 1 heterocycles. The summed E-state index contributed by atoms with van der Waals surface area (Å²) in [5.41, 5.74) is 5.04. The minimum Gasteiger partial charge on any atom is -0.449 e. The number of nitrogens with zero attached hydrogens (tertiary/aromatic N) is 2. The van der Waals surface area contributed by atoms with Crippen LogP contribution in [0.1, 0.15) is 13.3 Å². The molecule has 0 fully saturated rings. The topological polar surface area (TPSA) is 66.0 Å². The number of benzene rings is 1. The molecule has 1 aromatic carbocycles. The van der Waals surface area contributed by atoms with Gasteiger partial charge in [0.2, 0.25) is 5.96 Å². The van der Waals surface area contributed by atoms with Crippen molar-refractivity contribution < 1.29 is 18.3 Å². The van der Waals surface area contributed by atoms with E-state index in [2.05, 4.69) is 15.8 Å².